The number of hydrogen-bond donors (Lipinski definition) is 1. The number of rotatable bonds is 7. The van der Waals surface area contributed by atoms with E-state index >= 15 is 0 Å². The van der Waals surface area contributed by atoms with Crippen LogP contribution in [0.3, 0.4) is 0 Å². The fourth-order valence-corrected chi connectivity index (χ4v) is 1.31. The molecule has 0 bridgehead atoms. The summed E-state index contributed by atoms with van der Waals surface area (Å²) in [5.74, 6) is 0. The van der Waals surface area contributed by atoms with Crippen molar-refractivity contribution in [3.8, 4) is 0 Å². The van der Waals surface area contributed by atoms with Crippen molar-refractivity contribution in [2.24, 2.45) is 0 Å². The first-order chi connectivity index (χ1) is 5.31. The molecule has 0 spiro atoms. The SMILES string of the molecule is CCCCCCC(=P)CCO. The standard InChI is InChI=1S/C9H19OP/c1-2-3-4-5-6-9(11)7-8-10/h10-11H,2-8H2,1H3. The van der Waals surface area contributed by atoms with Crippen molar-refractivity contribution in [1.29, 1.82) is 0 Å². The van der Waals surface area contributed by atoms with Gasteiger partial charge in [-0.1, -0.05) is 26.2 Å². The van der Waals surface area contributed by atoms with Gasteiger partial charge in [-0.25, -0.2) is 0 Å². The van der Waals surface area contributed by atoms with Gasteiger partial charge in [0, 0.05) is 6.61 Å². The molecule has 1 nitrogen and oxygen atoms in total. The van der Waals surface area contributed by atoms with Crippen molar-refractivity contribution in [2.75, 3.05) is 6.61 Å². The molecule has 0 fully saturated rings. The molecule has 66 valence electrons. The molecule has 0 aromatic heterocycles. The van der Waals surface area contributed by atoms with E-state index in [9.17, 15) is 0 Å². The molecule has 1 N–H and O–H groups in total. The first-order valence-corrected chi connectivity index (χ1v) is 4.98. The molecule has 0 saturated heterocycles. The van der Waals surface area contributed by atoms with Crippen LogP contribution >= 0.6 is 8.86 Å². The Labute approximate surface area is 72.0 Å². The normalized spacial score (nSPS) is 10.0. The third-order valence-corrected chi connectivity index (χ3v) is 2.25. The van der Waals surface area contributed by atoms with Crippen LogP contribution in [0.15, 0.2) is 0 Å². The Morgan fingerprint density at radius 1 is 1.18 bits per heavy atom. The average molecular weight is 174 g/mol. The van der Waals surface area contributed by atoms with E-state index in [2.05, 4.69) is 15.8 Å². The lowest BCUT2D eigenvalue weighted by atomic mass is 10.1. The second-order valence-corrected chi connectivity index (χ2v) is 3.59. The molecule has 0 unspecified atom stereocenters. The lowest BCUT2D eigenvalue weighted by Crippen LogP contribution is -1.96. The number of hydrogen-bond acceptors (Lipinski definition) is 1. The second kappa shape index (κ2) is 8.23. The van der Waals surface area contributed by atoms with Crippen LogP contribution in [0.2, 0.25) is 0 Å². The molecular weight excluding hydrogens is 155 g/mol. The third-order valence-electron chi connectivity index (χ3n) is 1.75. The van der Waals surface area contributed by atoms with Crippen molar-refractivity contribution < 1.29 is 5.11 Å². The predicted molar refractivity (Wildman–Crippen MR) is 53.8 cm³/mol. The third kappa shape index (κ3) is 8.03. The highest BCUT2D eigenvalue weighted by atomic mass is 31.0. The molecule has 0 saturated carbocycles. The van der Waals surface area contributed by atoms with Crippen molar-refractivity contribution in [3.63, 3.8) is 0 Å². The molecule has 0 rings (SSSR count). The molecule has 2 heteroatoms. The fraction of sp³-hybridized carbons (Fsp3) is 0.889. The van der Waals surface area contributed by atoms with E-state index in [0.717, 1.165) is 12.8 Å². The van der Waals surface area contributed by atoms with E-state index in [-0.39, 0.29) is 6.61 Å². The van der Waals surface area contributed by atoms with Gasteiger partial charge in [-0.05, 0) is 24.6 Å². The van der Waals surface area contributed by atoms with Crippen LogP contribution in [0.1, 0.15) is 45.4 Å². The minimum Gasteiger partial charge on any atom is -0.396 e. The van der Waals surface area contributed by atoms with Gasteiger partial charge in [0.05, 0.1) is 0 Å². The largest absolute Gasteiger partial charge is 0.396 e. The van der Waals surface area contributed by atoms with E-state index in [0.29, 0.717) is 0 Å². The van der Waals surface area contributed by atoms with Gasteiger partial charge in [0.25, 0.3) is 0 Å². The highest BCUT2D eigenvalue weighted by Crippen LogP contribution is 2.05. The smallest absolute Gasteiger partial charge is 0.0471 e. The molecule has 0 atom stereocenters. The molecular formula is C9H19OP. The molecule has 0 aromatic rings. The highest BCUT2D eigenvalue weighted by Gasteiger charge is 1.93. The molecule has 0 aliphatic heterocycles. The molecule has 0 aliphatic carbocycles. The maximum Gasteiger partial charge on any atom is 0.0471 e. The summed E-state index contributed by atoms with van der Waals surface area (Å²) in [7, 11) is 3.50. The van der Waals surface area contributed by atoms with E-state index in [1.807, 2.05) is 0 Å². The quantitative estimate of drug-likeness (QED) is 0.464. The van der Waals surface area contributed by atoms with E-state index in [4.69, 9.17) is 5.11 Å². The maximum absolute atomic E-state index is 8.59. The van der Waals surface area contributed by atoms with Crippen molar-refractivity contribution in [1.82, 2.24) is 0 Å². The molecule has 0 heterocycles. The minimum absolute atomic E-state index is 0.270. The zero-order valence-corrected chi connectivity index (χ0v) is 8.40. The topological polar surface area (TPSA) is 20.2 Å². The van der Waals surface area contributed by atoms with Crippen LogP contribution in [-0.4, -0.2) is 17.0 Å². The van der Waals surface area contributed by atoms with Crippen LogP contribution in [0.5, 0.6) is 0 Å². The molecule has 0 radical (unpaired) electrons. The number of aliphatic hydroxyl groups is 1. The van der Waals surface area contributed by atoms with Crippen LogP contribution in [0.25, 0.3) is 0 Å². The summed E-state index contributed by atoms with van der Waals surface area (Å²) in [6, 6.07) is 0. The van der Waals surface area contributed by atoms with Gasteiger partial charge >= 0.3 is 0 Å². The number of aliphatic hydroxyl groups excluding tert-OH is 1. The summed E-state index contributed by atoms with van der Waals surface area (Å²) in [5, 5.41) is 9.84. The van der Waals surface area contributed by atoms with Crippen LogP contribution in [0, 0.1) is 0 Å². The van der Waals surface area contributed by atoms with Crippen LogP contribution in [-0.2, 0) is 0 Å². The Morgan fingerprint density at radius 2 is 1.91 bits per heavy atom. The zero-order chi connectivity index (χ0) is 8.53. The fourth-order valence-electron chi connectivity index (χ4n) is 1.03. The summed E-state index contributed by atoms with van der Waals surface area (Å²) in [5.41, 5.74) is 0. The lowest BCUT2D eigenvalue weighted by molar-refractivity contribution is 0.307. The van der Waals surface area contributed by atoms with Crippen molar-refractivity contribution >= 4 is 14.2 Å². The van der Waals surface area contributed by atoms with Crippen molar-refractivity contribution in [2.45, 2.75) is 45.4 Å². The zero-order valence-electron chi connectivity index (χ0n) is 7.40. The molecule has 11 heavy (non-hydrogen) atoms. The van der Waals surface area contributed by atoms with Crippen molar-refractivity contribution in [3.05, 3.63) is 0 Å². The Balaban J connectivity index is 3.04. The summed E-state index contributed by atoms with van der Waals surface area (Å²) >= 11 is 0. The molecule has 0 aliphatic rings. The Kier molecular flexibility index (Phi) is 8.33. The first kappa shape index (κ1) is 11.1. The van der Waals surface area contributed by atoms with Crippen LogP contribution in [0.4, 0.5) is 0 Å². The Hall–Kier alpha value is 0.130. The lowest BCUT2D eigenvalue weighted by Gasteiger charge is -2.01. The van der Waals surface area contributed by atoms with E-state index in [1.165, 1.54) is 31.0 Å². The molecule has 0 amide bonds. The average Bonchev–Trinajstić information content (AvgIpc) is 1.99. The highest BCUT2D eigenvalue weighted by molar-refractivity contribution is 7.21. The maximum atomic E-state index is 8.59. The van der Waals surface area contributed by atoms with E-state index in [1.54, 1.807) is 0 Å². The Bertz CT molecular complexity index is 102. The van der Waals surface area contributed by atoms with Gasteiger partial charge in [-0.2, -0.15) is 0 Å². The number of unbranched alkanes of at least 4 members (excludes halogenated alkanes) is 3. The van der Waals surface area contributed by atoms with E-state index < -0.39 is 0 Å². The van der Waals surface area contributed by atoms with Gasteiger partial charge in [0.15, 0.2) is 0 Å². The second-order valence-electron chi connectivity index (χ2n) is 2.89. The van der Waals surface area contributed by atoms with Gasteiger partial charge in [-0.15, -0.1) is 8.86 Å². The summed E-state index contributed by atoms with van der Waals surface area (Å²) in [4.78, 5) is 0. The molecule has 0 aromatic carbocycles. The minimum atomic E-state index is 0.270. The predicted octanol–water partition coefficient (Wildman–Crippen LogP) is 2.65. The van der Waals surface area contributed by atoms with Crippen LogP contribution < -0.4 is 0 Å². The Morgan fingerprint density at radius 3 is 2.45 bits per heavy atom. The van der Waals surface area contributed by atoms with Gasteiger partial charge in [0.1, 0.15) is 0 Å². The van der Waals surface area contributed by atoms with Gasteiger partial charge in [-0.3, -0.25) is 0 Å². The first-order valence-electron chi connectivity index (χ1n) is 4.48. The van der Waals surface area contributed by atoms with Gasteiger partial charge < -0.3 is 5.11 Å². The summed E-state index contributed by atoms with van der Waals surface area (Å²) in [6.45, 7) is 2.48. The summed E-state index contributed by atoms with van der Waals surface area (Å²) < 4.78 is 0. The van der Waals surface area contributed by atoms with Gasteiger partial charge in [0.2, 0.25) is 0 Å². The summed E-state index contributed by atoms with van der Waals surface area (Å²) in [6.07, 6.45) is 7.12. The monoisotopic (exact) mass is 174 g/mol.